The summed E-state index contributed by atoms with van der Waals surface area (Å²) < 4.78 is 49.7. The minimum absolute atomic E-state index is 0.216. The van der Waals surface area contributed by atoms with Gasteiger partial charge in [-0.3, -0.25) is 0 Å². The second-order valence-electron chi connectivity index (χ2n) is 7.61. The van der Waals surface area contributed by atoms with Crippen LogP contribution >= 0.6 is 0 Å². The predicted octanol–water partition coefficient (Wildman–Crippen LogP) is 3.88. The van der Waals surface area contributed by atoms with Crippen molar-refractivity contribution in [3.05, 3.63) is 48.0 Å². The number of hydrogen-bond donors (Lipinski definition) is 0. The van der Waals surface area contributed by atoms with E-state index >= 15 is 0 Å². The summed E-state index contributed by atoms with van der Waals surface area (Å²) in [5, 5.41) is 4.75. The Labute approximate surface area is 191 Å². The zero-order valence-electron chi connectivity index (χ0n) is 18.3. The molecule has 1 aliphatic heterocycles. The summed E-state index contributed by atoms with van der Waals surface area (Å²) in [6.07, 6.45) is 0. The Morgan fingerprint density at radius 2 is 1.85 bits per heavy atom. The molecule has 0 saturated carbocycles. The van der Waals surface area contributed by atoms with Crippen LogP contribution in [0.15, 0.2) is 56.3 Å². The lowest BCUT2D eigenvalue weighted by atomic mass is 10.1. The Morgan fingerprint density at radius 3 is 2.58 bits per heavy atom. The van der Waals surface area contributed by atoms with Crippen LogP contribution in [0.1, 0.15) is 12.5 Å². The number of furan rings is 1. The molecule has 0 atom stereocenters. The summed E-state index contributed by atoms with van der Waals surface area (Å²) in [6, 6.07) is 12.2. The molecule has 33 heavy (non-hydrogen) atoms. The standard InChI is InChI=1S/C23H23N3O6S/c1-3-30-17-6-4-16(5-7-17)22-24-23(32-25-22)21-15(2)19-14-18(8-9-20(19)31-21)33(27,28)26-10-12-29-13-11-26/h4-9,14H,3,10-13H2,1-2H3. The van der Waals surface area contributed by atoms with E-state index in [9.17, 15) is 8.42 Å². The normalized spacial score (nSPS) is 15.2. The van der Waals surface area contributed by atoms with Gasteiger partial charge in [0.15, 0.2) is 5.76 Å². The molecule has 0 bridgehead atoms. The van der Waals surface area contributed by atoms with Crippen LogP contribution < -0.4 is 4.74 Å². The van der Waals surface area contributed by atoms with Crippen molar-refractivity contribution in [2.45, 2.75) is 18.7 Å². The van der Waals surface area contributed by atoms with Gasteiger partial charge in [-0.25, -0.2) is 8.42 Å². The zero-order valence-corrected chi connectivity index (χ0v) is 19.1. The van der Waals surface area contributed by atoms with E-state index in [2.05, 4.69) is 10.1 Å². The van der Waals surface area contributed by atoms with Gasteiger partial charge in [0.2, 0.25) is 15.8 Å². The van der Waals surface area contributed by atoms with Crippen LogP contribution in [0.2, 0.25) is 0 Å². The Bertz CT molecular complexity index is 1390. The number of nitrogens with zero attached hydrogens (tertiary/aromatic N) is 3. The maximum atomic E-state index is 13.0. The highest BCUT2D eigenvalue weighted by Crippen LogP contribution is 2.35. The SMILES string of the molecule is CCOc1ccc(-c2noc(-c3oc4ccc(S(=O)(=O)N5CCOCC5)cc4c3C)n2)cc1. The van der Waals surface area contributed by atoms with Crippen LogP contribution in [-0.2, 0) is 14.8 Å². The maximum Gasteiger partial charge on any atom is 0.294 e. The molecule has 10 heteroatoms. The molecule has 0 amide bonds. The van der Waals surface area contributed by atoms with Gasteiger partial charge in [0.25, 0.3) is 5.89 Å². The minimum Gasteiger partial charge on any atom is -0.494 e. The van der Waals surface area contributed by atoms with Crippen LogP contribution in [0.3, 0.4) is 0 Å². The lowest BCUT2D eigenvalue weighted by Crippen LogP contribution is -2.40. The van der Waals surface area contributed by atoms with E-state index in [-0.39, 0.29) is 10.8 Å². The number of ether oxygens (including phenoxy) is 2. The monoisotopic (exact) mass is 469 g/mol. The molecule has 0 radical (unpaired) electrons. The largest absolute Gasteiger partial charge is 0.494 e. The van der Waals surface area contributed by atoms with E-state index in [4.69, 9.17) is 18.4 Å². The summed E-state index contributed by atoms with van der Waals surface area (Å²) in [5.74, 6) is 1.82. The fourth-order valence-corrected chi connectivity index (χ4v) is 5.24. The number of hydrogen-bond acceptors (Lipinski definition) is 8. The molecule has 9 nitrogen and oxygen atoms in total. The number of sulfonamides is 1. The van der Waals surface area contributed by atoms with Gasteiger partial charge in [-0.05, 0) is 56.3 Å². The van der Waals surface area contributed by atoms with Crippen molar-refractivity contribution in [3.8, 4) is 28.8 Å². The topological polar surface area (TPSA) is 108 Å². The molecule has 1 fully saturated rings. The van der Waals surface area contributed by atoms with Crippen LogP contribution in [0, 0.1) is 6.92 Å². The average Bonchev–Trinajstić information content (AvgIpc) is 3.45. The number of fused-ring (bicyclic) bond motifs is 1. The number of aromatic nitrogens is 2. The minimum atomic E-state index is -3.62. The van der Waals surface area contributed by atoms with Crippen LogP contribution in [0.25, 0.3) is 34.0 Å². The smallest absolute Gasteiger partial charge is 0.294 e. The molecule has 0 unspecified atom stereocenters. The molecule has 2 aromatic heterocycles. The van der Waals surface area contributed by atoms with E-state index in [1.54, 1.807) is 18.2 Å². The van der Waals surface area contributed by atoms with Crippen LogP contribution in [0.5, 0.6) is 5.75 Å². The Hall–Kier alpha value is -3.21. The molecule has 0 spiro atoms. The molecule has 4 aromatic rings. The first-order valence-electron chi connectivity index (χ1n) is 10.7. The summed E-state index contributed by atoms with van der Waals surface area (Å²) in [6.45, 7) is 5.82. The third kappa shape index (κ3) is 4.01. The molecule has 172 valence electrons. The zero-order chi connectivity index (χ0) is 23.0. The maximum absolute atomic E-state index is 13.0. The molecule has 0 aliphatic carbocycles. The van der Waals surface area contributed by atoms with E-state index in [1.165, 1.54) is 4.31 Å². The molecule has 0 N–H and O–H groups in total. The van der Waals surface area contributed by atoms with E-state index < -0.39 is 10.0 Å². The van der Waals surface area contributed by atoms with Crippen molar-refractivity contribution >= 4 is 21.0 Å². The Kier molecular flexibility index (Phi) is 5.65. The van der Waals surface area contributed by atoms with Gasteiger partial charge in [0, 0.05) is 29.6 Å². The van der Waals surface area contributed by atoms with E-state index in [0.717, 1.165) is 16.9 Å². The van der Waals surface area contributed by atoms with Gasteiger partial charge in [-0.1, -0.05) is 5.16 Å². The second-order valence-corrected chi connectivity index (χ2v) is 9.55. The highest BCUT2D eigenvalue weighted by Gasteiger charge is 2.28. The average molecular weight is 470 g/mol. The molecule has 1 aliphatic rings. The number of benzene rings is 2. The quantitative estimate of drug-likeness (QED) is 0.419. The molecule has 2 aromatic carbocycles. The summed E-state index contributed by atoms with van der Waals surface area (Å²) >= 11 is 0. The van der Waals surface area contributed by atoms with Crippen molar-refractivity contribution in [1.82, 2.24) is 14.4 Å². The van der Waals surface area contributed by atoms with Gasteiger partial charge in [-0.2, -0.15) is 9.29 Å². The van der Waals surface area contributed by atoms with Gasteiger partial charge in [-0.15, -0.1) is 0 Å². The Balaban J connectivity index is 1.47. The highest BCUT2D eigenvalue weighted by atomic mass is 32.2. The fraction of sp³-hybridized carbons (Fsp3) is 0.304. The summed E-state index contributed by atoms with van der Waals surface area (Å²) in [4.78, 5) is 4.69. The third-order valence-corrected chi connectivity index (χ3v) is 7.45. The van der Waals surface area contributed by atoms with Crippen molar-refractivity contribution < 1.29 is 26.8 Å². The van der Waals surface area contributed by atoms with Crippen molar-refractivity contribution in [1.29, 1.82) is 0 Å². The number of morpholine rings is 1. The van der Waals surface area contributed by atoms with Crippen molar-refractivity contribution in [2.75, 3.05) is 32.9 Å². The molecular formula is C23H23N3O6S. The first kappa shape index (κ1) is 21.6. The number of aryl methyl sites for hydroxylation is 1. The van der Waals surface area contributed by atoms with Gasteiger partial charge in [0.1, 0.15) is 11.3 Å². The molecular weight excluding hydrogens is 446 g/mol. The molecule has 3 heterocycles. The van der Waals surface area contributed by atoms with Crippen molar-refractivity contribution in [2.24, 2.45) is 0 Å². The number of rotatable bonds is 6. The first-order chi connectivity index (χ1) is 16.0. The van der Waals surface area contributed by atoms with Gasteiger partial charge in [0.05, 0.1) is 24.7 Å². The first-order valence-corrected chi connectivity index (χ1v) is 12.1. The highest BCUT2D eigenvalue weighted by molar-refractivity contribution is 7.89. The molecule has 5 rings (SSSR count). The summed E-state index contributed by atoms with van der Waals surface area (Å²) in [5.41, 5.74) is 2.05. The van der Waals surface area contributed by atoms with Crippen LogP contribution in [0.4, 0.5) is 0 Å². The van der Waals surface area contributed by atoms with Crippen LogP contribution in [-0.4, -0.2) is 55.8 Å². The van der Waals surface area contributed by atoms with Gasteiger partial charge < -0.3 is 18.4 Å². The van der Waals surface area contributed by atoms with E-state index in [0.29, 0.717) is 55.5 Å². The van der Waals surface area contributed by atoms with Gasteiger partial charge >= 0.3 is 0 Å². The lowest BCUT2D eigenvalue weighted by molar-refractivity contribution is 0.0730. The Morgan fingerprint density at radius 1 is 1.09 bits per heavy atom. The fourth-order valence-electron chi connectivity index (χ4n) is 3.80. The van der Waals surface area contributed by atoms with E-state index in [1.807, 2.05) is 38.1 Å². The second kappa shape index (κ2) is 8.62. The molecule has 1 saturated heterocycles. The third-order valence-electron chi connectivity index (χ3n) is 5.56. The predicted molar refractivity (Wildman–Crippen MR) is 120 cm³/mol. The van der Waals surface area contributed by atoms with Crippen molar-refractivity contribution in [3.63, 3.8) is 0 Å². The lowest BCUT2D eigenvalue weighted by Gasteiger charge is -2.26. The summed E-state index contributed by atoms with van der Waals surface area (Å²) in [7, 11) is -3.62.